The third kappa shape index (κ3) is 2.20. The minimum atomic E-state index is -3.47. The third-order valence-electron chi connectivity index (χ3n) is 3.25. The van der Waals surface area contributed by atoms with Gasteiger partial charge in [0.25, 0.3) is 0 Å². The van der Waals surface area contributed by atoms with E-state index in [9.17, 15) is 13.2 Å². The molecule has 0 aliphatic heterocycles. The number of fused-ring (bicyclic) bond motifs is 1. The number of aromatic amines is 1. The summed E-state index contributed by atoms with van der Waals surface area (Å²) in [5, 5.41) is 3.98. The molecule has 2 heterocycles. The van der Waals surface area contributed by atoms with E-state index in [-0.39, 0.29) is 10.6 Å². The van der Waals surface area contributed by atoms with Crippen LogP contribution in [-0.4, -0.2) is 46.4 Å². The summed E-state index contributed by atoms with van der Waals surface area (Å²) in [6.07, 6.45) is 2.82. The number of hydrogen-bond acceptors (Lipinski definition) is 5. The Morgan fingerprint density at radius 3 is 2.50 bits per heavy atom. The molecular formula is C13H13N5O3S. The van der Waals surface area contributed by atoms with E-state index in [0.717, 1.165) is 14.4 Å². The van der Waals surface area contributed by atoms with Gasteiger partial charge >= 0.3 is 5.69 Å². The predicted molar refractivity (Wildman–Crippen MR) is 79.9 cm³/mol. The summed E-state index contributed by atoms with van der Waals surface area (Å²) < 4.78 is 26.4. The summed E-state index contributed by atoms with van der Waals surface area (Å²) in [6.45, 7) is 0. The highest BCUT2D eigenvalue weighted by Crippen LogP contribution is 2.24. The Kier molecular flexibility index (Phi) is 3.30. The van der Waals surface area contributed by atoms with E-state index in [1.165, 1.54) is 38.8 Å². The van der Waals surface area contributed by atoms with Crippen molar-refractivity contribution in [2.24, 2.45) is 0 Å². The van der Waals surface area contributed by atoms with Crippen LogP contribution in [0.4, 0.5) is 0 Å². The van der Waals surface area contributed by atoms with Crippen LogP contribution in [0.15, 0.2) is 46.5 Å². The largest absolute Gasteiger partial charge is 0.349 e. The van der Waals surface area contributed by atoms with Crippen molar-refractivity contribution in [3.8, 4) is 11.1 Å². The van der Waals surface area contributed by atoms with E-state index >= 15 is 0 Å². The van der Waals surface area contributed by atoms with Crippen LogP contribution in [0, 0.1) is 0 Å². The van der Waals surface area contributed by atoms with Gasteiger partial charge in [0, 0.05) is 19.7 Å². The molecule has 0 fully saturated rings. The highest BCUT2D eigenvalue weighted by Gasteiger charge is 2.17. The Hall–Kier alpha value is -2.52. The van der Waals surface area contributed by atoms with Gasteiger partial charge in [0.2, 0.25) is 10.0 Å². The second-order valence-corrected chi connectivity index (χ2v) is 6.96. The SMILES string of the molecule is CN(C)S(=O)(=O)c1ccc(-c2cnn3c(=O)[nH]cnc23)cc1. The Morgan fingerprint density at radius 1 is 1.18 bits per heavy atom. The van der Waals surface area contributed by atoms with Crippen molar-refractivity contribution in [3.05, 3.63) is 47.3 Å². The number of rotatable bonds is 3. The molecular weight excluding hydrogens is 306 g/mol. The number of H-pyrrole nitrogens is 1. The molecule has 0 aliphatic rings. The topological polar surface area (TPSA) is 100 Å². The lowest BCUT2D eigenvalue weighted by Gasteiger charge is -2.11. The Morgan fingerprint density at radius 2 is 1.86 bits per heavy atom. The molecule has 114 valence electrons. The fraction of sp³-hybridized carbons (Fsp3) is 0.154. The van der Waals surface area contributed by atoms with Crippen molar-refractivity contribution >= 4 is 15.7 Å². The van der Waals surface area contributed by atoms with Gasteiger partial charge in [-0.05, 0) is 17.7 Å². The molecule has 0 saturated heterocycles. The highest BCUT2D eigenvalue weighted by molar-refractivity contribution is 7.89. The van der Waals surface area contributed by atoms with E-state index in [4.69, 9.17) is 0 Å². The lowest BCUT2D eigenvalue weighted by Crippen LogP contribution is -2.22. The molecule has 0 amide bonds. The fourth-order valence-electron chi connectivity index (χ4n) is 2.05. The van der Waals surface area contributed by atoms with Crippen molar-refractivity contribution in [3.63, 3.8) is 0 Å². The van der Waals surface area contributed by atoms with Gasteiger partial charge in [0.1, 0.15) is 0 Å². The average molecular weight is 319 g/mol. The van der Waals surface area contributed by atoms with Crippen molar-refractivity contribution in [1.82, 2.24) is 23.9 Å². The third-order valence-corrected chi connectivity index (χ3v) is 5.08. The molecule has 1 N–H and O–H groups in total. The van der Waals surface area contributed by atoms with Crippen LogP contribution in [0.3, 0.4) is 0 Å². The quantitative estimate of drug-likeness (QED) is 0.750. The molecule has 9 heteroatoms. The zero-order valence-corrected chi connectivity index (χ0v) is 12.7. The normalized spacial score (nSPS) is 12.1. The summed E-state index contributed by atoms with van der Waals surface area (Å²) in [5.74, 6) is 0. The van der Waals surface area contributed by atoms with E-state index in [1.54, 1.807) is 12.1 Å². The van der Waals surface area contributed by atoms with Crippen molar-refractivity contribution in [2.75, 3.05) is 14.1 Å². The van der Waals surface area contributed by atoms with Gasteiger partial charge in [-0.1, -0.05) is 12.1 Å². The Labute approximate surface area is 126 Å². The van der Waals surface area contributed by atoms with Gasteiger partial charge < -0.3 is 0 Å². The molecule has 0 bridgehead atoms. The van der Waals surface area contributed by atoms with Crippen LogP contribution in [0.25, 0.3) is 16.8 Å². The molecule has 8 nitrogen and oxygen atoms in total. The first-order valence-corrected chi connectivity index (χ1v) is 7.79. The Balaban J connectivity index is 2.10. The zero-order valence-electron chi connectivity index (χ0n) is 11.9. The minimum Gasteiger partial charge on any atom is -0.296 e. The first kappa shape index (κ1) is 14.4. The fourth-order valence-corrected chi connectivity index (χ4v) is 2.95. The van der Waals surface area contributed by atoms with Crippen LogP contribution in [0.2, 0.25) is 0 Å². The number of sulfonamides is 1. The monoisotopic (exact) mass is 319 g/mol. The molecule has 22 heavy (non-hydrogen) atoms. The van der Waals surface area contributed by atoms with Crippen LogP contribution in [0.5, 0.6) is 0 Å². The summed E-state index contributed by atoms with van der Waals surface area (Å²) >= 11 is 0. The summed E-state index contributed by atoms with van der Waals surface area (Å²) in [7, 11) is -0.516. The predicted octanol–water partition coefficient (Wildman–Crippen LogP) is 0.335. The lowest BCUT2D eigenvalue weighted by molar-refractivity contribution is 0.521. The smallest absolute Gasteiger partial charge is 0.296 e. The second-order valence-electron chi connectivity index (χ2n) is 4.81. The van der Waals surface area contributed by atoms with Gasteiger partial charge in [-0.2, -0.15) is 9.61 Å². The van der Waals surface area contributed by atoms with E-state index in [0.29, 0.717) is 11.2 Å². The van der Waals surface area contributed by atoms with Crippen molar-refractivity contribution < 1.29 is 8.42 Å². The summed E-state index contributed by atoms with van der Waals surface area (Å²) in [4.78, 5) is 18.3. The molecule has 0 atom stereocenters. The molecule has 1 aromatic carbocycles. The molecule has 3 rings (SSSR count). The van der Waals surface area contributed by atoms with E-state index in [2.05, 4.69) is 15.1 Å². The molecule has 0 unspecified atom stereocenters. The van der Waals surface area contributed by atoms with Gasteiger partial charge in [0.05, 0.1) is 17.4 Å². The number of aromatic nitrogens is 4. The molecule has 0 aliphatic carbocycles. The second kappa shape index (κ2) is 5.04. The first-order chi connectivity index (χ1) is 10.4. The van der Waals surface area contributed by atoms with E-state index < -0.39 is 10.0 Å². The maximum atomic E-state index is 12.0. The number of benzene rings is 1. The number of nitrogens with zero attached hydrogens (tertiary/aromatic N) is 4. The van der Waals surface area contributed by atoms with E-state index in [1.807, 2.05) is 0 Å². The average Bonchev–Trinajstić information content (AvgIpc) is 2.92. The zero-order chi connectivity index (χ0) is 15.9. The lowest BCUT2D eigenvalue weighted by atomic mass is 10.1. The van der Waals surface area contributed by atoms with Crippen molar-refractivity contribution in [2.45, 2.75) is 4.90 Å². The molecule has 0 radical (unpaired) electrons. The van der Waals surface area contributed by atoms with Crippen LogP contribution in [-0.2, 0) is 10.0 Å². The molecule has 0 saturated carbocycles. The first-order valence-electron chi connectivity index (χ1n) is 6.35. The maximum absolute atomic E-state index is 12.0. The van der Waals surface area contributed by atoms with Gasteiger partial charge in [-0.15, -0.1) is 0 Å². The van der Waals surface area contributed by atoms with Gasteiger partial charge in [-0.3, -0.25) is 4.98 Å². The molecule has 2 aromatic heterocycles. The van der Waals surface area contributed by atoms with Crippen LogP contribution in [0.1, 0.15) is 0 Å². The van der Waals surface area contributed by atoms with Gasteiger partial charge in [0.15, 0.2) is 5.65 Å². The molecule has 0 spiro atoms. The minimum absolute atomic E-state index is 0.198. The van der Waals surface area contributed by atoms with Crippen LogP contribution < -0.4 is 5.69 Å². The Bertz CT molecular complexity index is 986. The number of hydrogen-bond donors (Lipinski definition) is 1. The highest BCUT2D eigenvalue weighted by atomic mass is 32.2. The summed E-state index contributed by atoms with van der Waals surface area (Å²) in [6, 6.07) is 6.36. The standard InChI is InChI=1S/C13H13N5O3S/c1-17(2)22(20,21)10-5-3-9(4-6-10)11-7-16-18-12(11)14-8-15-13(18)19/h3-8H,1-2H3,(H,14,15,19). The van der Waals surface area contributed by atoms with Crippen molar-refractivity contribution in [1.29, 1.82) is 0 Å². The molecule has 3 aromatic rings. The number of nitrogens with one attached hydrogen (secondary N) is 1. The maximum Gasteiger partial charge on any atom is 0.349 e. The van der Waals surface area contributed by atoms with Gasteiger partial charge in [-0.25, -0.2) is 22.5 Å². The summed E-state index contributed by atoms with van der Waals surface area (Å²) in [5.41, 5.74) is 1.40. The van der Waals surface area contributed by atoms with Crippen LogP contribution >= 0.6 is 0 Å².